The monoisotopic (exact) mass is 424 g/mol. The second-order valence-corrected chi connectivity index (χ2v) is 9.52. The highest BCUT2D eigenvalue weighted by Gasteiger charge is 2.18. The summed E-state index contributed by atoms with van der Waals surface area (Å²) >= 11 is 5.71. The SMILES string of the molecule is CCN1CCN(c2cc(C)c3cc(CC(=S)CCCN4CCCC4)ccc3n2)CC1. The number of likely N-dealkylation sites (tertiary alicyclic amines) is 1. The quantitative estimate of drug-likeness (QED) is 0.582. The molecule has 0 radical (unpaired) electrons. The lowest BCUT2D eigenvalue weighted by Crippen LogP contribution is -2.46. The Morgan fingerprint density at radius 2 is 1.77 bits per heavy atom. The summed E-state index contributed by atoms with van der Waals surface area (Å²) in [5.41, 5.74) is 3.74. The van der Waals surface area contributed by atoms with E-state index in [9.17, 15) is 0 Å². The lowest BCUT2D eigenvalue weighted by Gasteiger charge is -2.35. The minimum absolute atomic E-state index is 0.908. The molecule has 2 saturated heterocycles. The molecule has 4 nitrogen and oxygen atoms in total. The van der Waals surface area contributed by atoms with Crippen molar-refractivity contribution in [1.29, 1.82) is 0 Å². The number of benzene rings is 1. The minimum Gasteiger partial charge on any atom is -0.354 e. The first-order valence-electron chi connectivity index (χ1n) is 11.7. The number of hydrogen-bond acceptors (Lipinski definition) is 5. The normalized spacial score (nSPS) is 18.4. The third-order valence-corrected chi connectivity index (χ3v) is 7.09. The van der Waals surface area contributed by atoms with Gasteiger partial charge < -0.3 is 14.7 Å². The van der Waals surface area contributed by atoms with Crippen molar-refractivity contribution in [2.24, 2.45) is 0 Å². The molecule has 0 atom stereocenters. The van der Waals surface area contributed by atoms with E-state index in [0.717, 1.165) is 56.9 Å². The van der Waals surface area contributed by atoms with Gasteiger partial charge in [-0.05, 0) is 93.0 Å². The highest BCUT2D eigenvalue weighted by atomic mass is 32.1. The Morgan fingerprint density at radius 1 is 1.00 bits per heavy atom. The first-order chi connectivity index (χ1) is 14.6. The second kappa shape index (κ2) is 10.2. The van der Waals surface area contributed by atoms with E-state index in [1.165, 1.54) is 60.3 Å². The average Bonchev–Trinajstić information content (AvgIpc) is 3.27. The molecular formula is C25H36N4S. The first kappa shape index (κ1) is 21.7. The molecule has 0 spiro atoms. The molecule has 0 aliphatic carbocycles. The van der Waals surface area contributed by atoms with Crippen molar-refractivity contribution in [1.82, 2.24) is 14.8 Å². The van der Waals surface area contributed by atoms with Crippen molar-refractivity contribution in [3.05, 3.63) is 35.4 Å². The van der Waals surface area contributed by atoms with Gasteiger partial charge in [-0.1, -0.05) is 25.2 Å². The lowest BCUT2D eigenvalue weighted by atomic mass is 10.0. The Balaban J connectivity index is 1.37. The summed E-state index contributed by atoms with van der Waals surface area (Å²) in [6, 6.07) is 8.99. The summed E-state index contributed by atoms with van der Waals surface area (Å²) in [7, 11) is 0. The van der Waals surface area contributed by atoms with E-state index in [-0.39, 0.29) is 0 Å². The Labute approximate surface area is 187 Å². The molecule has 2 aliphatic heterocycles. The lowest BCUT2D eigenvalue weighted by molar-refractivity contribution is 0.270. The fourth-order valence-electron chi connectivity index (χ4n) is 4.81. The molecular weight excluding hydrogens is 388 g/mol. The number of thiocarbonyl (C=S) groups is 1. The van der Waals surface area contributed by atoms with Crippen molar-refractivity contribution in [2.45, 2.75) is 46.0 Å². The van der Waals surface area contributed by atoms with Crippen LogP contribution >= 0.6 is 12.2 Å². The van der Waals surface area contributed by atoms with Gasteiger partial charge >= 0.3 is 0 Å². The maximum Gasteiger partial charge on any atom is 0.129 e. The highest BCUT2D eigenvalue weighted by Crippen LogP contribution is 2.25. The molecule has 1 aromatic carbocycles. The van der Waals surface area contributed by atoms with Crippen LogP contribution in [0.4, 0.5) is 5.82 Å². The summed E-state index contributed by atoms with van der Waals surface area (Å²) in [6.07, 6.45) is 5.90. The maximum atomic E-state index is 5.71. The summed E-state index contributed by atoms with van der Waals surface area (Å²) in [5.74, 6) is 1.13. The molecule has 1 aromatic heterocycles. The number of likely N-dealkylation sites (N-methyl/N-ethyl adjacent to an activating group) is 1. The topological polar surface area (TPSA) is 22.6 Å². The van der Waals surface area contributed by atoms with Crippen LogP contribution in [0.2, 0.25) is 0 Å². The number of anilines is 1. The largest absolute Gasteiger partial charge is 0.354 e. The van der Waals surface area contributed by atoms with Gasteiger partial charge in [0.05, 0.1) is 5.52 Å². The van der Waals surface area contributed by atoms with Crippen molar-refractivity contribution in [2.75, 3.05) is 57.3 Å². The van der Waals surface area contributed by atoms with Crippen molar-refractivity contribution in [3.8, 4) is 0 Å². The number of nitrogens with zero attached hydrogens (tertiary/aromatic N) is 4. The molecule has 4 rings (SSSR count). The first-order valence-corrected chi connectivity index (χ1v) is 12.1. The molecule has 2 fully saturated rings. The fourth-order valence-corrected chi connectivity index (χ4v) is 5.12. The van der Waals surface area contributed by atoms with Gasteiger partial charge in [-0.25, -0.2) is 4.98 Å². The standard InChI is InChI=1S/C25H36N4S/c1-3-27-13-15-29(16-14-27)25-17-20(2)23-19-21(8-9-24(23)26-25)18-22(30)7-6-12-28-10-4-5-11-28/h8-9,17,19H,3-7,10-16,18H2,1-2H3. The molecule has 0 bridgehead atoms. The number of aromatic nitrogens is 1. The second-order valence-electron chi connectivity index (χ2n) is 8.94. The van der Waals surface area contributed by atoms with Gasteiger partial charge in [0, 0.05) is 38.0 Å². The van der Waals surface area contributed by atoms with Crippen LogP contribution in [0, 0.1) is 6.92 Å². The van der Waals surface area contributed by atoms with Crippen LogP contribution in [0.15, 0.2) is 24.3 Å². The summed E-state index contributed by atoms with van der Waals surface area (Å²) < 4.78 is 0. The van der Waals surface area contributed by atoms with Crippen molar-refractivity contribution >= 4 is 33.8 Å². The van der Waals surface area contributed by atoms with Crippen LogP contribution in [-0.4, -0.2) is 72.0 Å². The Kier molecular flexibility index (Phi) is 7.34. The molecule has 5 heteroatoms. The zero-order valence-corrected chi connectivity index (χ0v) is 19.5. The van der Waals surface area contributed by atoms with Gasteiger partial charge in [0.25, 0.3) is 0 Å². The number of piperazine rings is 1. The predicted molar refractivity (Wildman–Crippen MR) is 132 cm³/mol. The summed E-state index contributed by atoms with van der Waals surface area (Å²) in [4.78, 5) is 13.7. The van der Waals surface area contributed by atoms with E-state index in [1.54, 1.807) is 0 Å². The zero-order valence-electron chi connectivity index (χ0n) is 18.7. The number of aryl methyl sites for hydroxylation is 1. The van der Waals surface area contributed by atoms with Gasteiger partial charge in [-0.15, -0.1) is 0 Å². The van der Waals surface area contributed by atoms with Crippen LogP contribution in [0.25, 0.3) is 10.9 Å². The zero-order chi connectivity index (χ0) is 20.9. The smallest absolute Gasteiger partial charge is 0.129 e. The highest BCUT2D eigenvalue weighted by molar-refractivity contribution is 7.80. The Hall–Kier alpha value is -1.56. The maximum absolute atomic E-state index is 5.71. The van der Waals surface area contributed by atoms with Gasteiger partial charge in [0.2, 0.25) is 0 Å². The Morgan fingerprint density at radius 3 is 2.50 bits per heavy atom. The average molecular weight is 425 g/mol. The molecule has 2 aliphatic rings. The molecule has 162 valence electrons. The van der Waals surface area contributed by atoms with Crippen LogP contribution in [-0.2, 0) is 6.42 Å². The fraction of sp³-hybridized carbons (Fsp3) is 0.600. The van der Waals surface area contributed by atoms with Crippen molar-refractivity contribution in [3.63, 3.8) is 0 Å². The van der Waals surface area contributed by atoms with Gasteiger partial charge in [0.15, 0.2) is 0 Å². The van der Waals surface area contributed by atoms with E-state index in [1.807, 2.05) is 0 Å². The van der Waals surface area contributed by atoms with Crippen LogP contribution in [0.5, 0.6) is 0 Å². The van der Waals surface area contributed by atoms with Crippen LogP contribution in [0.1, 0.15) is 43.7 Å². The molecule has 0 N–H and O–H groups in total. The number of pyridine rings is 1. The number of fused-ring (bicyclic) bond motifs is 1. The molecule has 2 aromatic rings. The summed E-state index contributed by atoms with van der Waals surface area (Å²) in [6.45, 7) is 13.7. The van der Waals surface area contributed by atoms with Crippen molar-refractivity contribution < 1.29 is 0 Å². The van der Waals surface area contributed by atoms with E-state index in [4.69, 9.17) is 17.2 Å². The van der Waals surface area contributed by atoms with E-state index >= 15 is 0 Å². The summed E-state index contributed by atoms with van der Waals surface area (Å²) in [5, 5.41) is 1.27. The molecule has 3 heterocycles. The van der Waals surface area contributed by atoms with Crippen LogP contribution < -0.4 is 4.90 Å². The van der Waals surface area contributed by atoms with E-state index < -0.39 is 0 Å². The third kappa shape index (κ3) is 5.37. The molecule has 0 unspecified atom stereocenters. The van der Waals surface area contributed by atoms with E-state index in [2.05, 4.69) is 52.8 Å². The Bertz CT molecular complexity index is 867. The molecule has 30 heavy (non-hydrogen) atoms. The molecule has 0 saturated carbocycles. The molecule has 0 amide bonds. The van der Waals surface area contributed by atoms with Gasteiger partial charge in [-0.2, -0.15) is 0 Å². The van der Waals surface area contributed by atoms with E-state index in [0.29, 0.717) is 0 Å². The number of rotatable bonds is 8. The number of hydrogen-bond donors (Lipinski definition) is 0. The minimum atomic E-state index is 0.908. The third-order valence-electron chi connectivity index (χ3n) is 6.74. The van der Waals surface area contributed by atoms with Gasteiger partial charge in [0.1, 0.15) is 5.82 Å². The van der Waals surface area contributed by atoms with Crippen LogP contribution in [0.3, 0.4) is 0 Å². The van der Waals surface area contributed by atoms with Gasteiger partial charge in [-0.3, -0.25) is 0 Å². The predicted octanol–water partition coefficient (Wildman–Crippen LogP) is 4.47.